The molecule has 0 amide bonds. The first-order chi connectivity index (χ1) is 10.3. The van der Waals surface area contributed by atoms with Crippen LogP contribution in [0.1, 0.15) is 54.5 Å². The highest BCUT2D eigenvalue weighted by atomic mass is 15.1. The van der Waals surface area contributed by atoms with Crippen molar-refractivity contribution in [3.63, 3.8) is 0 Å². The molecule has 0 radical (unpaired) electrons. The monoisotopic (exact) mass is 281 g/mol. The Hall–Kier alpha value is -1.61. The van der Waals surface area contributed by atoms with Crippen LogP contribution in [-0.2, 0) is 6.42 Å². The van der Waals surface area contributed by atoms with E-state index in [-0.39, 0.29) is 0 Å². The molecule has 2 aromatic rings. The number of rotatable bonds is 3. The lowest BCUT2D eigenvalue weighted by atomic mass is 10.0. The smallest absolute Gasteiger partial charge is 0.0949 e. The first-order valence-corrected chi connectivity index (χ1v) is 8.14. The van der Waals surface area contributed by atoms with Gasteiger partial charge in [-0.1, -0.05) is 23.8 Å². The highest BCUT2D eigenvalue weighted by Gasteiger charge is 2.32. The standard InChI is InChI=1S/C18H23N3/c1-13-5-6-14-7-8-16(15(14)11-13)20-17-3-2-4-18(17)21-10-9-19-12-21/h5-6,9-12,16-18,20H,2-4,7-8H2,1H3. The molecule has 0 spiro atoms. The van der Waals surface area contributed by atoms with Gasteiger partial charge >= 0.3 is 0 Å². The normalized spacial score (nSPS) is 28.0. The van der Waals surface area contributed by atoms with Crippen molar-refractivity contribution < 1.29 is 0 Å². The molecule has 3 nitrogen and oxygen atoms in total. The zero-order chi connectivity index (χ0) is 14.2. The van der Waals surface area contributed by atoms with Gasteiger partial charge in [-0.25, -0.2) is 4.98 Å². The van der Waals surface area contributed by atoms with E-state index in [2.05, 4.69) is 46.2 Å². The highest BCUT2D eigenvalue weighted by molar-refractivity contribution is 5.37. The van der Waals surface area contributed by atoms with Crippen molar-refractivity contribution in [2.45, 2.75) is 57.2 Å². The second-order valence-corrected chi connectivity index (χ2v) is 6.57. The molecule has 3 atom stereocenters. The molecule has 3 heteroatoms. The van der Waals surface area contributed by atoms with Gasteiger partial charge in [0.25, 0.3) is 0 Å². The van der Waals surface area contributed by atoms with Crippen LogP contribution < -0.4 is 5.32 Å². The average Bonchev–Trinajstić information content (AvgIpc) is 3.20. The van der Waals surface area contributed by atoms with Crippen LogP contribution in [-0.4, -0.2) is 15.6 Å². The Morgan fingerprint density at radius 2 is 2.19 bits per heavy atom. The molecule has 2 aliphatic rings. The molecule has 1 saturated carbocycles. The van der Waals surface area contributed by atoms with Gasteiger partial charge in [0.15, 0.2) is 0 Å². The van der Waals surface area contributed by atoms with E-state index in [0.717, 1.165) is 0 Å². The number of imidazole rings is 1. The molecule has 4 rings (SSSR count). The van der Waals surface area contributed by atoms with E-state index in [1.165, 1.54) is 48.8 Å². The maximum Gasteiger partial charge on any atom is 0.0949 e. The van der Waals surface area contributed by atoms with Gasteiger partial charge in [0.05, 0.1) is 6.33 Å². The fourth-order valence-electron chi connectivity index (χ4n) is 4.11. The first kappa shape index (κ1) is 13.1. The summed E-state index contributed by atoms with van der Waals surface area (Å²) >= 11 is 0. The topological polar surface area (TPSA) is 29.9 Å². The van der Waals surface area contributed by atoms with Gasteiger partial charge in [-0.05, 0) is 50.2 Å². The highest BCUT2D eigenvalue weighted by Crippen LogP contribution is 2.36. The van der Waals surface area contributed by atoms with Gasteiger partial charge in [0.2, 0.25) is 0 Å². The third-order valence-electron chi connectivity index (χ3n) is 5.18. The molecular formula is C18H23N3. The Labute approximate surface area is 126 Å². The summed E-state index contributed by atoms with van der Waals surface area (Å²) in [7, 11) is 0. The molecule has 1 heterocycles. The Balaban J connectivity index is 1.53. The van der Waals surface area contributed by atoms with E-state index in [1.807, 2.05) is 12.5 Å². The third-order valence-corrected chi connectivity index (χ3v) is 5.18. The van der Waals surface area contributed by atoms with Crippen molar-refractivity contribution in [3.05, 3.63) is 53.6 Å². The van der Waals surface area contributed by atoms with Gasteiger partial charge in [-0.3, -0.25) is 0 Å². The lowest BCUT2D eigenvalue weighted by Gasteiger charge is -2.26. The Morgan fingerprint density at radius 1 is 1.24 bits per heavy atom. The van der Waals surface area contributed by atoms with Gasteiger partial charge in [-0.15, -0.1) is 0 Å². The minimum atomic E-state index is 0.536. The van der Waals surface area contributed by atoms with Crippen molar-refractivity contribution in [2.24, 2.45) is 0 Å². The number of nitrogens with zero attached hydrogens (tertiary/aromatic N) is 2. The summed E-state index contributed by atoms with van der Waals surface area (Å²) in [6.45, 7) is 2.19. The lowest BCUT2D eigenvalue weighted by Crippen LogP contribution is -2.35. The number of nitrogens with one attached hydrogen (secondary N) is 1. The summed E-state index contributed by atoms with van der Waals surface area (Å²) in [6, 6.07) is 8.62. The van der Waals surface area contributed by atoms with Crippen LogP contribution in [0.5, 0.6) is 0 Å². The molecule has 110 valence electrons. The molecule has 1 aromatic carbocycles. The molecule has 1 N–H and O–H groups in total. The fourth-order valence-corrected chi connectivity index (χ4v) is 4.11. The van der Waals surface area contributed by atoms with E-state index < -0.39 is 0 Å². The van der Waals surface area contributed by atoms with E-state index in [1.54, 1.807) is 0 Å². The van der Waals surface area contributed by atoms with Crippen molar-refractivity contribution >= 4 is 0 Å². The predicted octanol–water partition coefficient (Wildman–Crippen LogP) is 3.56. The minimum Gasteiger partial charge on any atom is -0.333 e. The van der Waals surface area contributed by atoms with Crippen LogP contribution in [0.2, 0.25) is 0 Å². The Bertz CT molecular complexity index is 617. The minimum absolute atomic E-state index is 0.536. The second-order valence-electron chi connectivity index (χ2n) is 6.57. The molecule has 0 bridgehead atoms. The van der Waals surface area contributed by atoms with Crippen molar-refractivity contribution in [3.8, 4) is 0 Å². The number of aryl methyl sites for hydroxylation is 2. The first-order valence-electron chi connectivity index (χ1n) is 8.14. The van der Waals surface area contributed by atoms with Crippen LogP contribution >= 0.6 is 0 Å². The van der Waals surface area contributed by atoms with Crippen LogP contribution in [0, 0.1) is 6.92 Å². The average molecular weight is 281 g/mol. The largest absolute Gasteiger partial charge is 0.333 e. The van der Waals surface area contributed by atoms with Crippen LogP contribution in [0.25, 0.3) is 0 Å². The number of hydrogen-bond acceptors (Lipinski definition) is 2. The maximum absolute atomic E-state index is 4.22. The molecule has 21 heavy (non-hydrogen) atoms. The van der Waals surface area contributed by atoms with Gasteiger partial charge < -0.3 is 9.88 Å². The summed E-state index contributed by atoms with van der Waals surface area (Å²) in [5, 5.41) is 3.95. The van der Waals surface area contributed by atoms with E-state index in [4.69, 9.17) is 0 Å². The Morgan fingerprint density at radius 3 is 3.05 bits per heavy atom. The van der Waals surface area contributed by atoms with E-state index in [9.17, 15) is 0 Å². The zero-order valence-electron chi connectivity index (χ0n) is 12.6. The van der Waals surface area contributed by atoms with Gasteiger partial charge in [0.1, 0.15) is 0 Å². The Kier molecular flexibility index (Phi) is 3.30. The lowest BCUT2D eigenvalue weighted by molar-refractivity contribution is 0.352. The summed E-state index contributed by atoms with van der Waals surface area (Å²) < 4.78 is 2.29. The quantitative estimate of drug-likeness (QED) is 0.932. The number of benzene rings is 1. The summed E-state index contributed by atoms with van der Waals surface area (Å²) in [5.74, 6) is 0. The molecule has 1 fully saturated rings. The van der Waals surface area contributed by atoms with Crippen molar-refractivity contribution in [1.29, 1.82) is 0 Å². The van der Waals surface area contributed by atoms with E-state index in [0.29, 0.717) is 18.1 Å². The molecule has 2 aliphatic carbocycles. The van der Waals surface area contributed by atoms with E-state index >= 15 is 0 Å². The van der Waals surface area contributed by atoms with Gasteiger partial charge in [-0.2, -0.15) is 0 Å². The fraction of sp³-hybridized carbons (Fsp3) is 0.500. The summed E-state index contributed by atoms with van der Waals surface area (Å²) in [6.07, 6.45) is 12.3. The van der Waals surface area contributed by atoms with Crippen LogP contribution in [0.4, 0.5) is 0 Å². The SMILES string of the molecule is Cc1ccc2c(c1)C(NC1CCCC1n1ccnc1)CC2. The summed E-state index contributed by atoms with van der Waals surface area (Å²) in [4.78, 5) is 4.22. The maximum atomic E-state index is 4.22. The molecule has 3 unspecified atom stereocenters. The second kappa shape index (κ2) is 5.30. The third kappa shape index (κ3) is 2.40. The number of hydrogen-bond donors (Lipinski definition) is 1. The van der Waals surface area contributed by atoms with Crippen molar-refractivity contribution in [1.82, 2.24) is 14.9 Å². The van der Waals surface area contributed by atoms with Gasteiger partial charge in [0, 0.05) is 30.5 Å². The zero-order valence-corrected chi connectivity index (χ0v) is 12.6. The van der Waals surface area contributed by atoms with Crippen molar-refractivity contribution in [2.75, 3.05) is 0 Å². The van der Waals surface area contributed by atoms with Crippen LogP contribution in [0.15, 0.2) is 36.9 Å². The number of aromatic nitrogens is 2. The number of fused-ring (bicyclic) bond motifs is 1. The predicted molar refractivity (Wildman–Crippen MR) is 84.3 cm³/mol. The summed E-state index contributed by atoms with van der Waals surface area (Å²) in [5.41, 5.74) is 4.45. The molecule has 0 saturated heterocycles. The van der Waals surface area contributed by atoms with Crippen LogP contribution in [0.3, 0.4) is 0 Å². The molecular weight excluding hydrogens is 258 g/mol. The molecule has 1 aromatic heterocycles. The molecule has 0 aliphatic heterocycles.